The first-order valence-corrected chi connectivity index (χ1v) is 16.9. The van der Waals surface area contributed by atoms with Crippen molar-refractivity contribution in [2.75, 3.05) is 0 Å². The van der Waals surface area contributed by atoms with E-state index < -0.39 is 62.6 Å². The molecule has 1 spiro atoms. The summed E-state index contributed by atoms with van der Waals surface area (Å²) in [5, 5.41) is 2.99. The number of benzene rings is 1. The lowest BCUT2D eigenvalue weighted by molar-refractivity contribution is -0.219. The van der Waals surface area contributed by atoms with Crippen LogP contribution >= 0.6 is 0 Å². The highest BCUT2D eigenvalue weighted by molar-refractivity contribution is 6.73. The fraction of sp³-hybridized carbons (Fsp3) is 0.690. The second kappa shape index (κ2) is 12.5. The van der Waals surface area contributed by atoms with Crippen LogP contribution in [-0.2, 0) is 37.8 Å². The van der Waals surface area contributed by atoms with Crippen molar-refractivity contribution in [3.8, 4) is 0 Å². The van der Waals surface area contributed by atoms with Crippen LogP contribution in [0.4, 0.5) is 0 Å². The van der Waals surface area contributed by atoms with Crippen LogP contribution < -0.4 is 5.32 Å². The van der Waals surface area contributed by atoms with Crippen molar-refractivity contribution in [1.82, 2.24) is 5.32 Å². The van der Waals surface area contributed by atoms with Gasteiger partial charge in [0.15, 0.2) is 20.2 Å². The summed E-state index contributed by atoms with van der Waals surface area (Å²) in [6.45, 7) is 9.13. The Morgan fingerprint density at radius 1 is 0.949 bits per heavy atom. The number of fused-ring (bicyclic) bond motifs is 1. The van der Waals surface area contributed by atoms with Crippen molar-refractivity contribution in [3.63, 3.8) is 0 Å². The molecule has 1 aromatic carbocycles. The summed E-state index contributed by atoms with van der Waals surface area (Å²) in [5.41, 5.74) is 0.498. The Bertz CT molecular complexity index is 1000. The van der Waals surface area contributed by atoms with Gasteiger partial charge in [0.1, 0.15) is 12.2 Å². The Hall–Kier alpha value is -2.27. The largest absolute Gasteiger partial charge is 0.454 e. The molecule has 1 aromatic rings. The Balaban J connectivity index is 1.69. The molecule has 1 amide bonds. The van der Waals surface area contributed by atoms with Gasteiger partial charge in [0.05, 0.1) is 12.1 Å². The SMILES string of the molecule is CC[Si](CC)(CC)O[C@@H]1[C@@H](NC(C)=O)[C@H](OC(=O)[C@H](OC(C)=O)c2ccccc2)[C@H]2OC3(CCCCC3)O[C@H]21. The smallest absolute Gasteiger partial charge is 0.352 e. The maximum absolute atomic E-state index is 13.6. The van der Waals surface area contributed by atoms with E-state index in [0.29, 0.717) is 5.56 Å². The summed E-state index contributed by atoms with van der Waals surface area (Å²) in [5.74, 6) is -2.34. The first kappa shape index (κ1) is 29.7. The van der Waals surface area contributed by atoms with E-state index in [0.717, 1.165) is 50.2 Å². The number of nitrogens with one attached hydrogen (secondary N) is 1. The van der Waals surface area contributed by atoms with Crippen LogP contribution in [0.3, 0.4) is 0 Å². The number of rotatable bonds is 10. The second-order valence-electron chi connectivity index (χ2n) is 11.0. The predicted octanol–water partition coefficient (Wildman–Crippen LogP) is 4.56. The van der Waals surface area contributed by atoms with E-state index in [-0.39, 0.29) is 5.91 Å². The molecule has 2 aliphatic carbocycles. The Morgan fingerprint density at radius 2 is 1.54 bits per heavy atom. The topological polar surface area (TPSA) is 109 Å². The molecular formula is C29H43NO8Si. The molecule has 10 heteroatoms. The number of esters is 2. The van der Waals surface area contributed by atoms with Gasteiger partial charge in [-0.15, -0.1) is 0 Å². The zero-order valence-electron chi connectivity index (χ0n) is 23.8. The van der Waals surface area contributed by atoms with Gasteiger partial charge in [0, 0.05) is 32.3 Å². The highest BCUT2D eigenvalue weighted by Gasteiger charge is 2.64. The van der Waals surface area contributed by atoms with E-state index in [9.17, 15) is 14.4 Å². The summed E-state index contributed by atoms with van der Waals surface area (Å²) in [6, 6.07) is 10.8. The molecule has 9 nitrogen and oxygen atoms in total. The van der Waals surface area contributed by atoms with Crippen molar-refractivity contribution in [2.24, 2.45) is 0 Å². The van der Waals surface area contributed by atoms with Crippen LogP contribution in [0.15, 0.2) is 30.3 Å². The number of hydrogen-bond donors (Lipinski definition) is 1. The maximum Gasteiger partial charge on any atom is 0.352 e. The molecule has 1 N–H and O–H groups in total. The molecular weight excluding hydrogens is 518 g/mol. The third-order valence-electron chi connectivity index (χ3n) is 8.54. The van der Waals surface area contributed by atoms with Crippen molar-refractivity contribution in [1.29, 1.82) is 0 Å². The minimum atomic E-state index is -2.16. The average Bonchev–Trinajstić information content (AvgIpc) is 3.39. The van der Waals surface area contributed by atoms with Gasteiger partial charge in [0.2, 0.25) is 12.0 Å². The van der Waals surface area contributed by atoms with Crippen LogP contribution in [0.2, 0.25) is 18.1 Å². The molecule has 1 heterocycles. The normalized spacial score (nSPS) is 28.5. The van der Waals surface area contributed by atoms with Crippen molar-refractivity contribution in [3.05, 3.63) is 35.9 Å². The quantitative estimate of drug-likeness (QED) is 0.327. The van der Waals surface area contributed by atoms with Gasteiger partial charge in [0.25, 0.3) is 0 Å². The molecule has 1 aliphatic heterocycles. The van der Waals surface area contributed by atoms with Crippen LogP contribution in [0.25, 0.3) is 0 Å². The summed E-state index contributed by atoms with van der Waals surface area (Å²) >= 11 is 0. The molecule has 3 fully saturated rings. The van der Waals surface area contributed by atoms with Crippen molar-refractivity contribution >= 4 is 26.2 Å². The molecule has 0 radical (unpaired) electrons. The van der Waals surface area contributed by atoms with E-state index in [2.05, 4.69) is 26.1 Å². The minimum absolute atomic E-state index is 0.265. The lowest BCUT2D eigenvalue weighted by Gasteiger charge is -2.39. The molecule has 39 heavy (non-hydrogen) atoms. The number of carbonyl (C=O) groups excluding carboxylic acids is 3. The van der Waals surface area contributed by atoms with E-state index in [1.54, 1.807) is 24.3 Å². The number of hydrogen-bond acceptors (Lipinski definition) is 8. The minimum Gasteiger partial charge on any atom is -0.454 e. The molecule has 0 aromatic heterocycles. The van der Waals surface area contributed by atoms with E-state index >= 15 is 0 Å². The van der Waals surface area contributed by atoms with Crippen LogP contribution in [0.5, 0.6) is 0 Å². The summed E-state index contributed by atoms with van der Waals surface area (Å²) in [4.78, 5) is 38.0. The van der Waals surface area contributed by atoms with Crippen molar-refractivity contribution in [2.45, 2.75) is 127 Å². The molecule has 4 rings (SSSR count). The fourth-order valence-electron chi connectivity index (χ4n) is 6.30. The summed E-state index contributed by atoms with van der Waals surface area (Å²) in [6.07, 6.45) is 0.835. The van der Waals surface area contributed by atoms with Crippen molar-refractivity contribution < 1.29 is 37.8 Å². The van der Waals surface area contributed by atoms with E-state index in [1.807, 2.05) is 6.07 Å². The Kier molecular flexibility index (Phi) is 9.51. The maximum atomic E-state index is 13.6. The zero-order chi connectivity index (χ0) is 28.2. The molecule has 6 atom stereocenters. The number of ether oxygens (including phenoxy) is 4. The summed E-state index contributed by atoms with van der Waals surface area (Å²) < 4.78 is 31.8. The predicted molar refractivity (Wildman–Crippen MR) is 146 cm³/mol. The molecule has 216 valence electrons. The molecule has 0 bridgehead atoms. The summed E-state index contributed by atoms with van der Waals surface area (Å²) in [7, 11) is -2.16. The third-order valence-corrected chi connectivity index (χ3v) is 13.2. The van der Waals surface area contributed by atoms with E-state index in [4.69, 9.17) is 23.4 Å². The average molecular weight is 562 g/mol. The molecule has 0 unspecified atom stereocenters. The Morgan fingerprint density at radius 3 is 2.08 bits per heavy atom. The van der Waals surface area contributed by atoms with Crippen LogP contribution in [0, 0.1) is 0 Å². The van der Waals surface area contributed by atoms with Gasteiger partial charge in [-0.2, -0.15) is 0 Å². The zero-order valence-corrected chi connectivity index (χ0v) is 24.8. The fourth-order valence-corrected chi connectivity index (χ4v) is 9.16. The second-order valence-corrected chi connectivity index (χ2v) is 15.7. The van der Waals surface area contributed by atoms with Gasteiger partial charge in [-0.05, 0) is 31.0 Å². The molecule has 2 saturated carbocycles. The van der Waals surface area contributed by atoms with Gasteiger partial charge in [-0.3, -0.25) is 9.59 Å². The lowest BCUT2D eigenvalue weighted by Crippen LogP contribution is -2.55. The highest BCUT2D eigenvalue weighted by atomic mass is 28.4. The van der Waals surface area contributed by atoms with E-state index in [1.165, 1.54) is 13.8 Å². The molecule has 3 aliphatic rings. The first-order chi connectivity index (χ1) is 18.7. The number of carbonyl (C=O) groups is 3. The van der Waals surface area contributed by atoms with Crippen LogP contribution in [0.1, 0.15) is 78.4 Å². The highest BCUT2D eigenvalue weighted by Crippen LogP contribution is 2.48. The third kappa shape index (κ3) is 6.39. The lowest BCUT2D eigenvalue weighted by atomic mass is 9.94. The first-order valence-electron chi connectivity index (χ1n) is 14.4. The van der Waals surface area contributed by atoms with Gasteiger partial charge >= 0.3 is 11.9 Å². The Labute approximate surface area is 232 Å². The molecule has 1 saturated heterocycles. The van der Waals surface area contributed by atoms with Gasteiger partial charge in [-0.25, -0.2) is 4.79 Å². The van der Waals surface area contributed by atoms with Gasteiger partial charge in [-0.1, -0.05) is 57.5 Å². The van der Waals surface area contributed by atoms with Gasteiger partial charge < -0.3 is 28.7 Å². The van der Waals surface area contributed by atoms with Crippen LogP contribution in [-0.4, -0.2) is 62.4 Å². The number of amides is 1. The standard InChI is InChI=1S/C29H43NO8Si/c1-6-39(7-2,8-3)38-25-22(30-19(4)31)24(26-27(25)37-29(36-26)17-13-10-14-18-29)35-28(33)23(34-20(5)32)21-15-11-9-12-16-21/h9,11-12,15-16,22-27H,6-8,10,13-14,17-18H2,1-5H3,(H,30,31)/t22-,23+,24-,25+,26+,27-/m0/s1. The monoisotopic (exact) mass is 561 g/mol.